The molecule has 0 bridgehead atoms. The molecule has 3 amide bonds. The first-order chi connectivity index (χ1) is 26.2. The predicted molar refractivity (Wildman–Crippen MR) is 199 cm³/mol. The van der Waals surface area contributed by atoms with Gasteiger partial charge in [0.2, 0.25) is 11.8 Å². The molecule has 286 valence electrons. The molecule has 55 heavy (non-hydrogen) atoms. The van der Waals surface area contributed by atoms with E-state index in [2.05, 4.69) is 83.2 Å². The molecule has 1 atom stereocenters. The molecule has 7 rings (SSSR count). The topological polar surface area (TPSA) is 141 Å². The molecule has 3 aromatic carbocycles. The first-order valence-corrected chi connectivity index (χ1v) is 18.2. The van der Waals surface area contributed by atoms with Crippen molar-refractivity contribution >= 4 is 23.4 Å². The lowest BCUT2D eigenvalue weighted by molar-refractivity contribution is -0.182. The van der Waals surface area contributed by atoms with E-state index in [4.69, 9.17) is 0 Å². The van der Waals surface area contributed by atoms with Crippen LogP contribution in [0.3, 0.4) is 0 Å². The van der Waals surface area contributed by atoms with E-state index in [0.29, 0.717) is 12.8 Å². The molecular weight excluding hydrogens is 711 g/mol. The summed E-state index contributed by atoms with van der Waals surface area (Å²) in [5.74, 6) is -1.43. The fraction of sp³-hybridized carbons (Fsp3) is 0.350. The minimum Gasteiger partial charge on any atom is -0.369 e. The van der Waals surface area contributed by atoms with E-state index < -0.39 is 23.3 Å². The van der Waals surface area contributed by atoms with Crippen molar-refractivity contribution in [2.24, 2.45) is 0 Å². The third kappa shape index (κ3) is 8.16. The second-order valence-electron chi connectivity index (χ2n) is 14.6. The van der Waals surface area contributed by atoms with Crippen molar-refractivity contribution in [2.45, 2.75) is 64.2 Å². The number of carbonyl (C=O) groups excluding carboxylic acids is 3. The van der Waals surface area contributed by atoms with Gasteiger partial charge < -0.3 is 10.2 Å². The zero-order valence-electron chi connectivity index (χ0n) is 30.8. The lowest BCUT2D eigenvalue weighted by atomic mass is 9.90. The summed E-state index contributed by atoms with van der Waals surface area (Å²) in [7, 11) is 0. The van der Waals surface area contributed by atoms with Gasteiger partial charge in [-0.2, -0.15) is 23.4 Å². The van der Waals surface area contributed by atoms with Gasteiger partial charge >= 0.3 is 6.18 Å². The van der Waals surface area contributed by atoms with Crippen LogP contribution in [0.1, 0.15) is 71.3 Å². The molecule has 3 N–H and O–H groups in total. The number of rotatable bonds is 10. The van der Waals surface area contributed by atoms with Crippen molar-refractivity contribution < 1.29 is 27.6 Å². The highest BCUT2D eigenvalue weighted by molar-refractivity contribution is 6.01. The molecule has 1 unspecified atom stereocenters. The van der Waals surface area contributed by atoms with Gasteiger partial charge in [-0.3, -0.25) is 29.7 Å². The normalized spacial score (nSPS) is 17.0. The van der Waals surface area contributed by atoms with Gasteiger partial charge in [0.15, 0.2) is 5.82 Å². The summed E-state index contributed by atoms with van der Waals surface area (Å²) in [6, 6.07) is 22.8. The molecule has 2 aliphatic rings. The first-order valence-electron chi connectivity index (χ1n) is 18.2. The Labute approximate surface area is 316 Å². The number of alkyl halides is 3. The zero-order chi connectivity index (χ0) is 38.9. The monoisotopic (exact) mass is 753 g/mol. The van der Waals surface area contributed by atoms with Crippen LogP contribution in [0.15, 0.2) is 79.1 Å². The molecule has 0 saturated carbocycles. The van der Waals surface area contributed by atoms with Crippen LogP contribution in [-0.4, -0.2) is 79.9 Å². The summed E-state index contributed by atoms with van der Waals surface area (Å²) in [5, 5.41) is 15.6. The number of aromatic nitrogens is 5. The lowest BCUT2D eigenvalue weighted by Gasteiger charge is -2.36. The number of carbonyl (C=O) groups is 3. The number of imide groups is 1. The molecule has 2 aromatic heterocycles. The van der Waals surface area contributed by atoms with Gasteiger partial charge in [0, 0.05) is 51.0 Å². The number of hydrogen-bond acceptors (Lipinski definition) is 8. The number of anilines is 1. The molecular formula is C40H42F3N9O3. The Morgan fingerprint density at radius 3 is 2.33 bits per heavy atom. The number of piperidine rings is 1. The lowest BCUT2D eigenvalue weighted by Crippen LogP contribution is -2.46. The van der Waals surface area contributed by atoms with Crippen molar-refractivity contribution in [2.75, 3.05) is 31.1 Å². The van der Waals surface area contributed by atoms with Gasteiger partial charge in [-0.25, -0.2) is 9.67 Å². The van der Waals surface area contributed by atoms with Crippen molar-refractivity contribution in [3.63, 3.8) is 0 Å². The molecule has 5 aromatic rings. The molecule has 2 aliphatic heterocycles. The summed E-state index contributed by atoms with van der Waals surface area (Å²) in [6.07, 6.45) is -0.570. The summed E-state index contributed by atoms with van der Waals surface area (Å²) < 4.78 is 41.6. The predicted octanol–water partition coefficient (Wildman–Crippen LogP) is 5.58. The van der Waals surface area contributed by atoms with Crippen molar-refractivity contribution in [1.29, 1.82) is 0 Å². The third-order valence-corrected chi connectivity index (χ3v) is 10.5. The van der Waals surface area contributed by atoms with E-state index in [-0.39, 0.29) is 35.7 Å². The number of H-pyrrole nitrogens is 1. The standard InChI is InChI=1S/C40H42F3N9O3/c1-25-20-29(10-14-33(25)52-24-30(21-45-52)36(54)44-22-34-46-38(49-48-34)39(2,3)40(41,42)43)27-6-4-26(5-7-27)23-50-16-18-51(19-17-50)31-11-8-28(9-12-31)32-13-15-35(53)47-37(32)55/h4-12,14,20-21,24,32H,13,15-19,22-23H2,1-3H3,(H,44,54)(H,46,48,49)(H,47,53,55). The molecule has 0 aliphatic carbocycles. The van der Waals surface area contributed by atoms with Gasteiger partial charge in [-0.05, 0) is 79.3 Å². The highest BCUT2D eigenvalue weighted by atomic mass is 19.4. The van der Waals surface area contributed by atoms with Crippen LogP contribution < -0.4 is 15.5 Å². The van der Waals surface area contributed by atoms with Crippen LogP contribution in [0.2, 0.25) is 0 Å². The number of benzene rings is 3. The minimum absolute atomic E-state index is 0.111. The number of nitrogens with zero attached hydrogens (tertiary/aromatic N) is 6. The Morgan fingerprint density at radius 2 is 1.65 bits per heavy atom. The Kier molecular flexibility index (Phi) is 10.3. The second-order valence-corrected chi connectivity index (χ2v) is 14.6. The SMILES string of the molecule is Cc1cc(-c2ccc(CN3CCN(c4ccc(C5CCC(=O)NC5=O)cc4)CC3)cc2)ccc1-n1cc(C(=O)NCc2nc(C(C)(C)C(F)(F)F)n[nH]2)cn1. The average Bonchev–Trinajstić information content (AvgIpc) is 3.86. The number of nitrogens with one attached hydrogen (secondary N) is 3. The Bertz CT molecular complexity index is 2190. The van der Waals surface area contributed by atoms with E-state index >= 15 is 0 Å². The summed E-state index contributed by atoms with van der Waals surface area (Å²) in [4.78, 5) is 45.3. The Hall–Kier alpha value is -5.83. The van der Waals surface area contributed by atoms with Crippen LogP contribution >= 0.6 is 0 Å². The number of piperazine rings is 1. The number of aromatic amines is 1. The smallest absolute Gasteiger partial charge is 0.369 e. The molecule has 0 spiro atoms. The van der Waals surface area contributed by atoms with E-state index in [1.807, 2.05) is 31.2 Å². The van der Waals surface area contributed by atoms with E-state index in [9.17, 15) is 27.6 Å². The van der Waals surface area contributed by atoms with Crippen molar-refractivity contribution in [1.82, 2.24) is 40.5 Å². The molecule has 15 heteroatoms. The zero-order valence-corrected chi connectivity index (χ0v) is 30.8. The molecule has 0 radical (unpaired) electrons. The maximum atomic E-state index is 13.3. The fourth-order valence-corrected chi connectivity index (χ4v) is 6.86. The largest absolute Gasteiger partial charge is 0.401 e. The molecule has 2 fully saturated rings. The third-order valence-electron chi connectivity index (χ3n) is 10.5. The van der Waals surface area contributed by atoms with E-state index in [0.717, 1.165) is 80.2 Å². The molecule has 12 nitrogen and oxygen atoms in total. The highest BCUT2D eigenvalue weighted by Gasteiger charge is 2.51. The van der Waals surface area contributed by atoms with Crippen molar-refractivity contribution in [3.05, 3.63) is 113 Å². The highest BCUT2D eigenvalue weighted by Crippen LogP contribution is 2.38. The fourth-order valence-electron chi connectivity index (χ4n) is 6.86. The summed E-state index contributed by atoms with van der Waals surface area (Å²) >= 11 is 0. The Balaban J connectivity index is 0.899. The summed E-state index contributed by atoms with van der Waals surface area (Å²) in [5.41, 5.74) is 5.26. The van der Waals surface area contributed by atoms with E-state index in [1.165, 1.54) is 11.8 Å². The minimum atomic E-state index is -4.52. The van der Waals surface area contributed by atoms with Crippen LogP contribution in [0.25, 0.3) is 16.8 Å². The Morgan fingerprint density at radius 1 is 0.945 bits per heavy atom. The van der Waals surface area contributed by atoms with Crippen molar-refractivity contribution in [3.8, 4) is 16.8 Å². The van der Waals surface area contributed by atoms with Gasteiger partial charge in [0.25, 0.3) is 5.91 Å². The first kappa shape index (κ1) is 37.5. The number of amides is 3. The quantitative estimate of drug-likeness (QED) is 0.157. The number of hydrogen-bond donors (Lipinski definition) is 3. The van der Waals surface area contributed by atoms with Crippen LogP contribution in [0, 0.1) is 6.92 Å². The van der Waals surface area contributed by atoms with Crippen LogP contribution in [-0.2, 0) is 28.1 Å². The van der Waals surface area contributed by atoms with Gasteiger partial charge in [0.05, 0.1) is 29.9 Å². The number of halogens is 3. The second kappa shape index (κ2) is 15.1. The maximum Gasteiger partial charge on any atom is 0.401 e. The number of aryl methyl sites for hydroxylation is 1. The molecule has 2 saturated heterocycles. The van der Waals surface area contributed by atoms with E-state index in [1.54, 1.807) is 10.9 Å². The molecule has 4 heterocycles. The summed E-state index contributed by atoms with van der Waals surface area (Å²) in [6.45, 7) is 8.37. The van der Waals surface area contributed by atoms with Crippen LogP contribution in [0.5, 0.6) is 0 Å². The van der Waals surface area contributed by atoms with Gasteiger partial charge in [-0.15, -0.1) is 0 Å². The van der Waals surface area contributed by atoms with Gasteiger partial charge in [0.1, 0.15) is 11.2 Å². The van der Waals surface area contributed by atoms with Crippen LogP contribution in [0.4, 0.5) is 18.9 Å². The maximum absolute atomic E-state index is 13.3. The average molecular weight is 754 g/mol. The van der Waals surface area contributed by atoms with Gasteiger partial charge in [-0.1, -0.05) is 42.5 Å².